The van der Waals surface area contributed by atoms with Crippen molar-refractivity contribution in [3.63, 3.8) is 0 Å². The lowest BCUT2D eigenvalue weighted by Gasteiger charge is -2.71. The summed E-state index contributed by atoms with van der Waals surface area (Å²) in [5.74, 6) is 0.650. The molecule has 0 spiro atoms. The van der Waals surface area contributed by atoms with E-state index >= 15 is 0 Å². The Morgan fingerprint density at radius 1 is 0.982 bits per heavy atom. The van der Waals surface area contributed by atoms with Crippen LogP contribution in [0.2, 0.25) is 5.02 Å². The number of Topliss-reactive ketones (excluding diaryl/α,β-unsaturated/α-hetero) is 1. The predicted octanol–water partition coefficient (Wildman–Crippen LogP) is 8.84. The number of fused-ring (bicyclic) bond motifs is 7. The van der Waals surface area contributed by atoms with Crippen LogP contribution in [-0.2, 0) is 22.7 Å². The van der Waals surface area contributed by atoms with Crippen LogP contribution in [0.3, 0.4) is 0 Å². The van der Waals surface area contributed by atoms with Crippen molar-refractivity contribution in [1.29, 1.82) is 0 Å². The summed E-state index contributed by atoms with van der Waals surface area (Å²) in [6, 6.07) is 8.03. The number of allylic oxidation sites excluding steroid dienone is 3. The van der Waals surface area contributed by atoms with Crippen LogP contribution in [0.15, 0.2) is 47.7 Å². The fraction of sp³-hybridized carbons (Fsp3) is 0.696. The number of aliphatic hydroxyl groups is 1. The molecule has 57 heavy (non-hydrogen) atoms. The molecule has 1 aromatic carbocycles. The number of nitrogens with zero attached hydrogens (tertiary/aromatic N) is 5. The molecule has 0 amide bonds. The Kier molecular flexibility index (Phi) is 12.2. The zero-order valence-corrected chi connectivity index (χ0v) is 37.3. The van der Waals surface area contributed by atoms with E-state index in [0.717, 1.165) is 80.9 Å². The summed E-state index contributed by atoms with van der Waals surface area (Å²) in [5.41, 5.74) is 4.92. The number of carboxylic acids is 1. The van der Waals surface area contributed by atoms with Gasteiger partial charge in [0, 0.05) is 43.0 Å². The molecule has 1 heterocycles. The Labute approximate surface area is 352 Å². The van der Waals surface area contributed by atoms with Crippen molar-refractivity contribution < 1.29 is 19.8 Å². The summed E-state index contributed by atoms with van der Waals surface area (Å²) >= 11 is 6.25. The molecule has 2 N–H and O–H groups in total. The van der Waals surface area contributed by atoms with Crippen molar-refractivity contribution in [1.82, 2.24) is 24.8 Å². The number of carbonyl (C=O) groups excluding carboxylic acids is 1. The first-order valence-corrected chi connectivity index (χ1v) is 21.5. The number of aliphatic carboxylic acids is 1. The average molecular weight is 825 g/mol. The van der Waals surface area contributed by atoms with Gasteiger partial charge in [-0.1, -0.05) is 89.1 Å². The molecule has 314 valence electrons. The van der Waals surface area contributed by atoms with Gasteiger partial charge in [0.15, 0.2) is 5.78 Å². The lowest BCUT2D eigenvalue weighted by atomic mass is 9.33. The van der Waals surface area contributed by atoms with Crippen LogP contribution in [0.25, 0.3) is 5.57 Å². The number of benzene rings is 1. The number of halogens is 2. The molecule has 1 aromatic heterocycles. The first-order valence-electron chi connectivity index (χ1n) is 21.2. The van der Waals surface area contributed by atoms with Crippen molar-refractivity contribution in [2.75, 3.05) is 33.7 Å². The van der Waals surface area contributed by atoms with Crippen molar-refractivity contribution in [2.45, 2.75) is 119 Å². The van der Waals surface area contributed by atoms with E-state index < -0.39 is 17.5 Å². The second-order valence-electron chi connectivity index (χ2n) is 20.3. The molecule has 2 aromatic rings. The normalized spacial score (nSPS) is 33.7. The largest absolute Gasteiger partial charge is 0.480 e. The van der Waals surface area contributed by atoms with E-state index in [9.17, 15) is 19.8 Å². The molecule has 0 saturated heterocycles. The number of rotatable bonds is 12. The van der Waals surface area contributed by atoms with Crippen molar-refractivity contribution >= 4 is 41.3 Å². The molecule has 7 rings (SSSR count). The molecule has 5 aliphatic rings. The second kappa shape index (κ2) is 15.8. The monoisotopic (exact) mass is 823 g/mol. The zero-order chi connectivity index (χ0) is 40.6. The minimum absolute atomic E-state index is 0. The van der Waals surface area contributed by atoms with Gasteiger partial charge in [0.05, 0.1) is 12.3 Å². The maximum Gasteiger partial charge on any atom is 0.325 e. The topological polar surface area (TPSA) is 112 Å². The molecule has 9 nitrogen and oxygen atoms in total. The first-order chi connectivity index (χ1) is 26.3. The highest BCUT2D eigenvalue weighted by atomic mass is 35.5. The van der Waals surface area contributed by atoms with E-state index in [0.29, 0.717) is 24.8 Å². The standard InChI is InChI=1S/C46H66ClN5O4.ClH/c1-29(2)40-35(53)24-46(38(54)27-51(23-22-50(8)9)25-30-10-12-31(47)13-11-30)21-20-44(6)33(41(40)46)14-15-37-43(5)18-16-32(34-26-52(49-48-34)28-39(55)56)42(3,4)36(43)17-19-45(37,44)7;/h10-13,16,26,29,33,36-38,54H,14-15,17-25,27-28H2,1-9H3,(H,55,56);1H/t33-,36+,37-,38+,43+,44-,45-,46+;/m1./s1. The minimum Gasteiger partial charge on any atom is -0.480 e. The van der Waals surface area contributed by atoms with Gasteiger partial charge in [-0.25, -0.2) is 4.68 Å². The Balaban J connectivity index is 0.00000549. The molecule has 8 atom stereocenters. The molecule has 5 aliphatic carbocycles. The fourth-order valence-corrected chi connectivity index (χ4v) is 13.7. The van der Waals surface area contributed by atoms with Gasteiger partial charge in [-0.3, -0.25) is 14.5 Å². The maximum atomic E-state index is 14.3. The molecule has 3 saturated carbocycles. The third-order valence-electron chi connectivity index (χ3n) is 16.4. The zero-order valence-electron chi connectivity index (χ0n) is 35.8. The van der Waals surface area contributed by atoms with Crippen LogP contribution in [0, 0.1) is 50.7 Å². The molecule has 0 radical (unpaired) electrons. The van der Waals surface area contributed by atoms with E-state index in [4.69, 9.17) is 11.6 Å². The van der Waals surface area contributed by atoms with E-state index in [1.54, 1.807) is 6.20 Å². The molecule has 3 fully saturated rings. The lowest BCUT2D eigenvalue weighted by Crippen LogP contribution is -2.64. The van der Waals surface area contributed by atoms with Gasteiger partial charge in [0.25, 0.3) is 0 Å². The third-order valence-corrected chi connectivity index (χ3v) is 16.7. The number of hydrogen-bond donors (Lipinski definition) is 2. The summed E-state index contributed by atoms with van der Waals surface area (Å²) in [6.07, 6.45) is 11.2. The number of aliphatic hydroxyl groups excluding tert-OH is 1. The molecule has 11 heteroatoms. The highest BCUT2D eigenvalue weighted by Gasteiger charge is 2.70. The number of carbonyl (C=O) groups is 2. The van der Waals surface area contributed by atoms with Crippen LogP contribution in [0.1, 0.15) is 111 Å². The summed E-state index contributed by atoms with van der Waals surface area (Å²) in [7, 11) is 4.18. The SMILES string of the molecule is CC(C)C1=C2[C@H]3CC[C@@H]4[C@@]5(C)CC=C(c6cn(CC(=O)O)nn6)C(C)(C)[C@@H]5CC[C@@]4(C)[C@]3(C)CC[C@@]2([C@@H](O)CN(CCN(C)C)Cc2ccc(Cl)cc2)CC1=O.Cl. The summed E-state index contributed by atoms with van der Waals surface area (Å²) in [6.45, 7) is 19.6. The highest BCUT2D eigenvalue weighted by Crippen LogP contribution is 2.77. The predicted molar refractivity (Wildman–Crippen MR) is 229 cm³/mol. The van der Waals surface area contributed by atoms with Crippen molar-refractivity contribution in [3.05, 3.63) is 64.0 Å². The molecule has 0 unspecified atom stereocenters. The van der Waals surface area contributed by atoms with E-state index in [1.165, 1.54) is 21.4 Å². The van der Waals surface area contributed by atoms with Crippen molar-refractivity contribution in [3.8, 4) is 0 Å². The number of hydrogen-bond acceptors (Lipinski definition) is 7. The van der Waals surface area contributed by atoms with Crippen molar-refractivity contribution in [2.24, 2.45) is 50.7 Å². The number of aromatic nitrogens is 3. The first kappa shape index (κ1) is 44.0. The molecule has 0 bridgehead atoms. The summed E-state index contributed by atoms with van der Waals surface area (Å²) < 4.78 is 1.43. The van der Waals surface area contributed by atoms with Crippen LogP contribution >= 0.6 is 24.0 Å². The Bertz CT molecular complexity index is 1910. The van der Waals surface area contributed by atoms with E-state index in [-0.39, 0.29) is 58.2 Å². The van der Waals surface area contributed by atoms with Gasteiger partial charge in [-0.15, -0.1) is 17.5 Å². The summed E-state index contributed by atoms with van der Waals surface area (Å²) in [5, 5.41) is 31.4. The summed E-state index contributed by atoms with van der Waals surface area (Å²) in [4.78, 5) is 30.3. The highest BCUT2D eigenvalue weighted by molar-refractivity contribution is 6.30. The van der Waals surface area contributed by atoms with Gasteiger partial charge < -0.3 is 15.1 Å². The van der Waals surface area contributed by atoms with Gasteiger partial charge in [0.2, 0.25) is 0 Å². The smallest absolute Gasteiger partial charge is 0.325 e. The van der Waals surface area contributed by atoms with Gasteiger partial charge in [-0.05, 0) is 133 Å². The Morgan fingerprint density at radius 3 is 2.33 bits per heavy atom. The van der Waals surface area contributed by atoms with Crippen LogP contribution in [0.4, 0.5) is 0 Å². The molecular formula is C46H67Cl2N5O4. The second-order valence-corrected chi connectivity index (χ2v) is 20.7. The number of ketones is 1. The number of likely N-dealkylation sites (N-methyl/N-ethyl adjacent to an activating group) is 1. The quantitative estimate of drug-likeness (QED) is 0.219. The minimum atomic E-state index is -0.926. The van der Waals surface area contributed by atoms with Crippen LogP contribution < -0.4 is 0 Å². The average Bonchev–Trinajstić information content (AvgIpc) is 3.69. The molecular weight excluding hydrogens is 757 g/mol. The maximum absolute atomic E-state index is 14.3. The van der Waals surface area contributed by atoms with Crippen LogP contribution in [-0.4, -0.2) is 86.6 Å². The van der Waals surface area contributed by atoms with Gasteiger partial charge in [0.1, 0.15) is 12.2 Å². The Hall–Kier alpha value is -2.56. The van der Waals surface area contributed by atoms with Gasteiger partial charge in [-0.2, -0.15) is 0 Å². The Morgan fingerprint density at radius 2 is 1.68 bits per heavy atom. The third kappa shape index (κ3) is 7.27. The lowest BCUT2D eigenvalue weighted by molar-refractivity contribution is -0.200. The fourth-order valence-electron chi connectivity index (χ4n) is 13.6. The number of carboxylic acid groups (broad SMARTS) is 1. The van der Waals surface area contributed by atoms with Crippen LogP contribution in [0.5, 0.6) is 0 Å². The molecule has 0 aliphatic heterocycles. The van der Waals surface area contributed by atoms with E-state index in [1.807, 2.05) is 12.1 Å². The van der Waals surface area contributed by atoms with E-state index in [2.05, 4.69) is 101 Å². The van der Waals surface area contributed by atoms with Gasteiger partial charge >= 0.3 is 5.97 Å².